The van der Waals surface area contributed by atoms with Gasteiger partial charge in [0, 0.05) is 0 Å². The molecular formula is C13H16O4S. The molecule has 2 rings (SSSR count). The van der Waals surface area contributed by atoms with Gasteiger partial charge in [0.05, 0.1) is 6.61 Å². The standard InChI is InChI=1S/C13H16O4S/c14-18(15,16)17-9-3-4-11-7-8-12-5-1-2-6-13(12)10-11/h1-2,5-6,10H,3-4,7-9H2,(H,14,15,16). The van der Waals surface area contributed by atoms with E-state index in [9.17, 15) is 8.42 Å². The van der Waals surface area contributed by atoms with E-state index in [1.165, 1.54) is 16.7 Å². The summed E-state index contributed by atoms with van der Waals surface area (Å²) in [6.07, 6.45) is 5.58. The molecule has 18 heavy (non-hydrogen) atoms. The number of hydrogen-bond acceptors (Lipinski definition) is 3. The number of allylic oxidation sites excluding steroid dienone is 1. The third-order valence-electron chi connectivity index (χ3n) is 3.00. The summed E-state index contributed by atoms with van der Waals surface area (Å²) in [6, 6.07) is 8.27. The van der Waals surface area contributed by atoms with Crippen LogP contribution < -0.4 is 0 Å². The molecule has 1 aliphatic carbocycles. The summed E-state index contributed by atoms with van der Waals surface area (Å²) in [5.41, 5.74) is 3.90. The van der Waals surface area contributed by atoms with Crippen LogP contribution in [-0.2, 0) is 21.0 Å². The summed E-state index contributed by atoms with van der Waals surface area (Å²) in [7, 11) is -4.30. The van der Waals surface area contributed by atoms with Crippen molar-refractivity contribution >= 4 is 16.5 Å². The van der Waals surface area contributed by atoms with Crippen molar-refractivity contribution in [3.05, 3.63) is 41.0 Å². The molecule has 0 radical (unpaired) electrons. The van der Waals surface area contributed by atoms with Crippen LogP contribution in [0.25, 0.3) is 6.08 Å². The second kappa shape index (κ2) is 5.65. The highest BCUT2D eigenvalue weighted by Gasteiger charge is 2.10. The zero-order chi connectivity index (χ0) is 13.0. The fourth-order valence-corrected chi connectivity index (χ4v) is 2.48. The lowest BCUT2D eigenvalue weighted by Crippen LogP contribution is -2.06. The van der Waals surface area contributed by atoms with Gasteiger partial charge in [0.25, 0.3) is 0 Å². The third kappa shape index (κ3) is 3.94. The van der Waals surface area contributed by atoms with Gasteiger partial charge >= 0.3 is 10.4 Å². The molecule has 0 unspecified atom stereocenters. The molecule has 0 saturated heterocycles. The molecule has 0 amide bonds. The van der Waals surface area contributed by atoms with E-state index in [0.717, 1.165) is 19.3 Å². The molecule has 0 atom stereocenters. The Morgan fingerprint density at radius 1 is 1.22 bits per heavy atom. The smallest absolute Gasteiger partial charge is 0.264 e. The van der Waals surface area contributed by atoms with Gasteiger partial charge in [-0.2, -0.15) is 8.42 Å². The highest BCUT2D eigenvalue weighted by atomic mass is 32.3. The minimum absolute atomic E-state index is 0.0256. The molecule has 98 valence electrons. The SMILES string of the molecule is O=S(=O)(O)OCCCC1=Cc2ccccc2CC1. The first-order valence-electron chi connectivity index (χ1n) is 5.94. The van der Waals surface area contributed by atoms with Crippen LogP contribution in [0.3, 0.4) is 0 Å². The van der Waals surface area contributed by atoms with E-state index >= 15 is 0 Å². The fraction of sp³-hybridized carbons (Fsp3) is 0.385. The molecule has 0 heterocycles. The topological polar surface area (TPSA) is 63.6 Å². The molecule has 0 bridgehead atoms. The maximum absolute atomic E-state index is 10.4. The summed E-state index contributed by atoms with van der Waals surface area (Å²) >= 11 is 0. The van der Waals surface area contributed by atoms with E-state index in [0.29, 0.717) is 6.42 Å². The van der Waals surface area contributed by atoms with Gasteiger partial charge in [-0.1, -0.05) is 35.9 Å². The van der Waals surface area contributed by atoms with Crippen LogP contribution in [0.15, 0.2) is 29.8 Å². The molecule has 0 aromatic heterocycles. The molecule has 1 aromatic rings. The number of hydrogen-bond donors (Lipinski definition) is 1. The quantitative estimate of drug-likeness (QED) is 0.658. The molecule has 1 aromatic carbocycles. The lowest BCUT2D eigenvalue weighted by Gasteiger charge is -2.16. The number of benzene rings is 1. The third-order valence-corrected chi connectivity index (χ3v) is 3.47. The van der Waals surface area contributed by atoms with E-state index in [4.69, 9.17) is 4.55 Å². The van der Waals surface area contributed by atoms with Gasteiger partial charge in [0.2, 0.25) is 0 Å². The lowest BCUT2D eigenvalue weighted by molar-refractivity contribution is 0.265. The highest BCUT2D eigenvalue weighted by Crippen LogP contribution is 2.26. The summed E-state index contributed by atoms with van der Waals surface area (Å²) in [6.45, 7) is 0.0256. The Bertz CT molecular complexity index is 546. The lowest BCUT2D eigenvalue weighted by atomic mass is 9.90. The molecule has 0 aliphatic heterocycles. The Balaban J connectivity index is 1.87. The Hall–Kier alpha value is -1.17. The summed E-state index contributed by atoms with van der Waals surface area (Å²) in [5, 5.41) is 0. The van der Waals surface area contributed by atoms with Gasteiger partial charge < -0.3 is 0 Å². The van der Waals surface area contributed by atoms with E-state index in [1.807, 2.05) is 12.1 Å². The summed E-state index contributed by atoms with van der Waals surface area (Å²) < 4.78 is 33.4. The first-order valence-corrected chi connectivity index (χ1v) is 7.30. The zero-order valence-corrected chi connectivity index (χ0v) is 10.8. The van der Waals surface area contributed by atoms with Crippen molar-refractivity contribution in [2.75, 3.05) is 6.61 Å². The molecular weight excluding hydrogens is 252 g/mol. The predicted molar refractivity (Wildman–Crippen MR) is 69.5 cm³/mol. The fourth-order valence-electron chi connectivity index (χ4n) is 2.15. The van der Waals surface area contributed by atoms with Gasteiger partial charge in [0.15, 0.2) is 0 Å². The first kappa shape index (κ1) is 13.3. The van der Waals surface area contributed by atoms with Crippen molar-refractivity contribution in [2.24, 2.45) is 0 Å². The van der Waals surface area contributed by atoms with Crippen molar-refractivity contribution in [1.82, 2.24) is 0 Å². The molecule has 1 aliphatic rings. The van der Waals surface area contributed by atoms with Crippen LogP contribution in [0.5, 0.6) is 0 Å². The largest absolute Gasteiger partial charge is 0.397 e. The zero-order valence-electron chi connectivity index (χ0n) is 10.0. The Labute approximate surface area is 107 Å². The van der Waals surface area contributed by atoms with E-state index in [-0.39, 0.29) is 6.61 Å². The van der Waals surface area contributed by atoms with Crippen LogP contribution in [0.4, 0.5) is 0 Å². The molecule has 0 fully saturated rings. The maximum atomic E-state index is 10.4. The monoisotopic (exact) mass is 268 g/mol. The Morgan fingerprint density at radius 2 is 2.00 bits per heavy atom. The minimum atomic E-state index is -4.30. The molecule has 5 heteroatoms. The Kier molecular flexibility index (Phi) is 4.16. The van der Waals surface area contributed by atoms with Crippen molar-refractivity contribution in [2.45, 2.75) is 25.7 Å². The van der Waals surface area contributed by atoms with Crippen LogP contribution in [0.2, 0.25) is 0 Å². The average molecular weight is 268 g/mol. The van der Waals surface area contributed by atoms with Crippen molar-refractivity contribution in [3.8, 4) is 0 Å². The number of aryl methyl sites for hydroxylation is 1. The molecule has 1 N–H and O–H groups in total. The first-order chi connectivity index (χ1) is 8.54. The van der Waals surface area contributed by atoms with Crippen LogP contribution in [0, 0.1) is 0 Å². The van der Waals surface area contributed by atoms with E-state index in [1.54, 1.807) is 0 Å². The van der Waals surface area contributed by atoms with Gasteiger partial charge in [-0.05, 0) is 36.8 Å². The normalized spacial score (nSPS) is 15.1. The van der Waals surface area contributed by atoms with Gasteiger partial charge in [-0.25, -0.2) is 4.18 Å². The number of fused-ring (bicyclic) bond motifs is 1. The average Bonchev–Trinajstić information content (AvgIpc) is 2.33. The highest BCUT2D eigenvalue weighted by molar-refractivity contribution is 7.80. The molecule has 0 saturated carbocycles. The van der Waals surface area contributed by atoms with Crippen molar-refractivity contribution in [3.63, 3.8) is 0 Å². The summed E-state index contributed by atoms with van der Waals surface area (Å²) in [4.78, 5) is 0. The van der Waals surface area contributed by atoms with Crippen LogP contribution in [0.1, 0.15) is 30.4 Å². The Morgan fingerprint density at radius 3 is 2.78 bits per heavy atom. The van der Waals surface area contributed by atoms with Crippen molar-refractivity contribution in [1.29, 1.82) is 0 Å². The maximum Gasteiger partial charge on any atom is 0.397 e. The predicted octanol–water partition coefficient (Wildman–Crippen LogP) is 2.62. The second-order valence-corrected chi connectivity index (χ2v) is 5.45. The number of rotatable bonds is 5. The van der Waals surface area contributed by atoms with Crippen molar-refractivity contribution < 1.29 is 17.2 Å². The van der Waals surface area contributed by atoms with Gasteiger partial charge in [-0.3, -0.25) is 4.55 Å². The van der Waals surface area contributed by atoms with Crippen LogP contribution >= 0.6 is 0 Å². The molecule has 0 spiro atoms. The van der Waals surface area contributed by atoms with E-state index < -0.39 is 10.4 Å². The van der Waals surface area contributed by atoms with Gasteiger partial charge in [-0.15, -0.1) is 0 Å². The van der Waals surface area contributed by atoms with E-state index in [2.05, 4.69) is 22.4 Å². The second-order valence-electron chi connectivity index (χ2n) is 4.35. The van der Waals surface area contributed by atoms with Crippen LogP contribution in [-0.4, -0.2) is 19.6 Å². The van der Waals surface area contributed by atoms with Gasteiger partial charge in [0.1, 0.15) is 0 Å². The summed E-state index contributed by atoms with van der Waals surface area (Å²) in [5.74, 6) is 0. The minimum Gasteiger partial charge on any atom is -0.264 e. The molecule has 4 nitrogen and oxygen atoms in total.